The summed E-state index contributed by atoms with van der Waals surface area (Å²) in [5.41, 5.74) is 5.42. The molecule has 2 aromatic rings. The fraction of sp³-hybridized carbons (Fsp3) is 0.235. The molecule has 0 saturated heterocycles. The van der Waals surface area contributed by atoms with Crippen LogP contribution in [0.3, 0.4) is 0 Å². The molecule has 0 saturated carbocycles. The molecule has 3 rings (SSSR count). The van der Waals surface area contributed by atoms with E-state index in [9.17, 15) is 0 Å². The highest BCUT2D eigenvalue weighted by Crippen LogP contribution is 2.19. The number of nitrogens with zero attached hydrogens (tertiary/aromatic N) is 1. The van der Waals surface area contributed by atoms with E-state index in [1.54, 1.807) is 0 Å². The minimum absolute atomic E-state index is 0. The van der Waals surface area contributed by atoms with Crippen LogP contribution in [0.2, 0.25) is 5.02 Å². The molecular formula is C17H17Cl2N. The molecule has 104 valence electrons. The predicted octanol–water partition coefficient (Wildman–Crippen LogP) is 0.840. The van der Waals surface area contributed by atoms with E-state index in [1.807, 2.05) is 18.2 Å². The van der Waals surface area contributed by atoms with Crippen molar-refractivity contribution < 1.29 is 17.0 Å². The van der Waals surface area contributed by atoms with E-state index in [0.717, 1.165) is 24.5 Å². The van der Waals surface area contributed by atoms with Gasteiger partial charge in [0, 0.05) is 17.5 Å². The third-order valence-corrected chi connectivity index (χ3v) is 4.12. The molecule has 20 heavy (non-hydrogen) atoms. The van der Waals surface area contributed by atoms with Gasteiger partial charge in [-0.1, -0.05) is 41.9 Å². The lowest BCUT2D eigenvalue weighted by atomic mass is 9.97. The number of halogens is 2. The molecule has 0 aliphatic carbocycles. The van der Waals surface area contributed by atoms with Crippen LogP contribution < -0.4 is 12.4 Å². The van der Waals surface area contributed by atoms with Crippen molar-refractivity contribution in [3.8, 4) is 0 Å². The lowest BCUT2D eigenvalue weighted by molar-refractivity contribution is -0.540. The van der Waals surface area contributed by atoms with E-state index in [0.29, 0.717) is 0 Å². The monoisotopic (exact) mass is 305 g/mol. The third kappa shape index (κ3) is 3.05. The topological polar surface area (TPSA) is 3.01 Å². The van der Waals surface area contributed by atoms with Gasteiger partial charge in [-0.05, 0) is 30.2 Å². The van der Waals surface area contributed by atoms with Crippen LogP contribution in [-0.2, 0) is 13.0 Å². The Morgan fingerprint density at radius 1 is 1.10 bits per heavy atom. The van der Waals surface area contributed by atoms with E-state index in [4.69, 9.17) is 11.6 Å². The molecule has 2 aromatic carbocycles. The van der Waals surface area contributed by atoms with Gasteiger partial charge in [-0.2, -0.15) is 0 Å². The van der Waals surface area contributed by atoms with E-state index in [-0.39, 0.29) is 12.4 Å². The van der Waals surface area contributed by atoms with Crippen LogP contribution in [-0.4, -0.2) is 17.3 Å². The zero-order valence-corrected chi connectivity index (χ0v) is 13.0. The Morgan fingerprint density at radius 3 is 2.70 bits per heavy atom. The van der Waals surface area contributed by atoms with E-state index >= 15 is 0 Å². The van der Waals surface area contributed by atoms with Gasteiger partial charge in [0.15, 0.2) is 12.8 Å². The van der Waals surface area contributed by atoms with Crippen molar-refractivity contribution in [1.82, 2.24) is 0 Å². The Balaban J connectivity index is 0.00000147. The number of benzene rings is 2. The predicted molar refractivity (Wildman–Crippen MR) is 80.3 cm³/mol. The maximum absolute atomic E-state index is 6.23. The molecule has 1 aliphatic rings. The lowest BCUT2D eigenvalue weighted by Gasteiger charge is -2.15. The molecule has 0 bridgehead atoms. The molecule has 0 spiro atoms. The fourth-order valence-corrected chi connectivity index (χ4v) is 2.87. The first-order valence-electron chi connectivity index (χ1n) is 6.65. The van der Waals surface area contributed by atoms with Gasteiger partial charge in [-0.15, -0.1) is 0 Å². The van der Waals surface area contributed by atoms with Crippen LogP contribution in [0.1, 0.15) is 22.3 Å². The fourth-order valence-electron chi connectivity index (χ4n) is 2.67. The van der Waals surface area contributed by atoms with E-state index < -0.39 is 0 Å². The molecule has 0 unspecified atom stereocenters. The first-order valence-corrected chi connectivity index (χ1v) is 7.02. The quantitative estimate of drug-likeness (QED) is 0.724. The number of aryl methyl sites for hydroxylation is 1. The highest BCUT2D eigenvalue weighted by molar-refractivity contribution is 6.31. The average molecular weight is 306 g/mol. The second-order valence-corrected chi connectivity index (χ2v) is 5.49. The molecule has 1 aliphatic heterocycles. The van der Waals surface area contributed by atoms with Crippen molar-refractivity contribution in [3.05, 3.63) is 69.7 Å². The molecule has 0 atom stereocenters. The van der Waals surface area contributed by atoms with Crippen molar-refractivity contribution in [1.29, 1.82) is 0 Å². The Morgan fingerprint density at radius 2 is 1.90 bits per heavy atom. The second-order valence-electron chi connectivity index (χ2n) is 5.08. The van der Waals surface area contributed by atoms with Crippen LogP contribution in [0.4, 0.5) is 0 Å². The van der Waals surface area contributed by atoms with Crippen molar-refractivity contribution in [2.75, 3.05) is 6.54 Å². The molecule has 0 N–H and O–H groups in total. The Bertz CT molecular complexity index is 647. The summed E-state index contributed by atoms with van der Waals surface area (Å²) in [6.07, 6.45) is 3.37. The minimum atomic E-state index is 0. The third-order valence-electron chi connectivity index (χ3n) is 3.75. The van der Waals surface area contributed by atoms with E-state index in [1.165, 1.54) is 22.3 Å². The summed E-state index contributed by atoms with van der Waals surface area (Å²) in [6.45, 7) is 4.13. The summed E-state index contributed by atoms with van der Waals surface area (Å²) < 4.78 is 2.35. The molecule has 0 fully saturated rings. The number of hydrogen-bond acceptors (Lipinski definition) is 0. The molecule has 0 amide bonds. The van der Waals surface area contributed by atoms with Gasteiger partial charge in [0.2, 0.25) is 0 Å². The van der Waals surface area contributed by atoms with Gasteiger partial charge in [0.25, 0.3) is 0 Å². The molecular weight excluding hydrogens is 289 g/mol. The standard InChI is InChI=1S/C17H17ClN.ClH/c1-13-5-4-7-14-11-19(10-9-16(13)14)12-15-6-2-3-8-17(15)18;/h2-8,11H,9-10,12H2,1H3;1H/q+1;/p-1. The summed E-state index contributed by atoms with van der Waals surface area (Å²) in [4.78, 5) is 0. The zero-order chi connectivity index (χ0) is 13.2. The van der Waals surface area contributed by atoms with Gasteiger partial charge in [-0.25, -0.2) is 4.58 Å². The van der Waals surface area contributed by atoms with Crippen molar-refractivity contribution in [3.63, 3.8) is 0 Å². The van der Waals surface area contributed by atoms with Crippen molar-refractivity contribution in [2.24, 2.45) is 0 Å². The molecule has 0 radical (unpaired) electrons. The first kappa shape index (κ1) is 15.1. The maximum atomic E-state index is 6.23. The lowest BCUT2D eigenvalue weighted by Crippen LogP contribution is -3.00. The van der Waals surface area contributed by atoms with Crippen LogP contribution in [0.25, 0.3) is 0 Å². The number of hydrogen-bond donors (Lipinski definition) is 0. The van der Waals surface area contributed by atoms with Gasteiger partial charge in [-0.3, -0.25) is 0 Å². The van der Waals surface area contributed by atoms with Crippen molar-refractivity contribution >= 4 is 17.8 Å². The van der Waals surface area contributed by atoms with Gasteiger partial charge in [0.05, 0.1) is 5.02 Å². The van der Waals surface area contributed by atoms with Gasteiger partial charge < -0.3 is 12.4 Å². The maximum Gasteiger partial charge on any atom is 0.171 e. The van der Waals surface area contributed by atoms with Crippen molar-refractivity contribution in [2.45, 2.75) is 19.9 Å². The summed E-state index contributed by atoms with van der Waals surface area (Å²) in [5, 5.41) is 0.853. The Labute approximate surface area is 131 Å². The first-order chi connectivity index (χ1) is 9.24. The normalized spacial score (nSPS) is 13.2. The van der Waals surface area contributed by atoms with Crippen LogP contribution in [0, 0.1) is 6.92 Å². The second kappa shape index (κ2) is 6.43. The van der Waals surface area contributed by atoms with Gasteiger partial charge in [0.1, 0.15) is 6.54 Å². The number of rotatable bonds is 2. The Kier molecular flexibility index (Phi) is 4.85. The highest BCUT2D eigenvalue weighted by atomic mass is 35.5. The highest BCUT2D eigenvalue weighted by Gasteiger charge is 2.18. The smallest absolute Gasteiger partial charge is 0.171 e. The van der Waals surface area contributed by atoms with Crippen LogP contribution in [0.15, 0.2) is 42.5 Å². The van der Waals surface area contributed by atoms with Crippen LogP contribution in [0.5, 0.6) is 0 Å². The summed E-state index contributed by atoms with van der Waals surface area (Å²) in [7, 11) is 0. The zero-order valence-electron chi connectivity index (χ0n) is 11.4. The summed E-state index contributed by atoms with van der Waals surface area (Å²) in [6, 6.07) is 14.6. The minimum Gasteiger partial charge on any atom is -1.00 e. The average Bonchev–Trinajstić information content (AvgIpc) is 2.42. The largest absolute Gasteiger partial charge is 1.00 e. The van der Waals surface area contributed by atoms with Crippen LogP contribution >= 0.6 is 11.6 Å². The molecule has 0 aromatic heterocycles. The SMILES string of the molecule is Cc1cccc2c1CC[N+](Cc1ccccc1Cl)=C2.[Cl-]. The Hall–Kier alpha value is -1.31. The number of fused-ring (bicyclic) bond motifs is 1. The van der Waals surface area contributed by atoms with E-state index in [2.05, 4.69) is 42.0 Å². The molecule has 3 heteroatoms. The van der Waals surface area contributed by atoms with Gasteiger partial charge >= 0.3 is 0 Å². The molecule has 1 nitrogen and oxygen atoms in total. The summed E-state index contributed by atoms with van der Waals surface area (Å²) in [5.74, 6) is 0. The molecule has 1 heterocycles. The summed E-state index contributed by atoms with van der Waals surface area (Å²) >= 11 is 6.23.